The van der Waals surface area contributed by atoms with Crippen molar-refractivity contribution in [1.82, 2.24) is 4.57 Å². The molecular weight excluding hydrogens is 126 g/mol. The fourth-order valence-electron chi connectivity index (χ4n) is 0.894. The summed E-state index contributed by atoms with van der Waals surface area (Å²) in [6, 6.07) is 1.98. The maximum absolute atomic E-state index is 5.34. The molecule has 0 saturated heterocycles. The third kappa shape index (κ3) is 1.15. The highest BCUT2D eigenvalue weighted by Crippen LogP contribution is 2.16. The molecule has 10 heavy (non-hydrogen) atoms. The van der Waals surface area contributed by atoms with Crippen molar-refractivity contribution in [3.05, 3.63) is 18.0 Å². The monoisotopic (exact) mass is 139 g/mol. The standard InChI is InChI=1S/C8H13NO/c1-4-10-8-5-6-9(3)7(8)2/h5-6H,4H2,1-3H3. The van der Waals surface area contributed by atoms with Gasteiger partial charge in [-0.05, 0) is 19.9 Å². The number of rotatable bonds is 2. The molecule has 0 N–H and O–H groups in total. The van der Waals surface area contributed by atoms with Gasteiger partial charge in [0.15, 0.2) is 0 Å². The smallest absolute Gasteiger partial charge is 0.139 e. The second-order valence-electron chi connectivity index (χ2n) is 2.31. The number of hydrogen-bond acceptors (Lipinski definition) is 1. The molecule has 0 bridgehead atoms. The van der Waals surface area contributed by atoms with Gasteiger partial charge in [-0.2, -0.15) is 0 Å². The molecule has 0 aliphatic rings. The van der Waals surface area contributed by atoms with Crippen LogP contribution in [-0.4, -0.2) is 11.2 Å². The molecule has 0 fully saturated rings. The van der Waals surface area contributed by atoms with Crippen LogP contribution in [0.4, 0.5) is 0 Å². The van der Waals surface area contributed by atoms with Crippen LogP contribution in [0, 0.1) is 6.92 Å². The van der Waals surface area contributed by atoms with E-state index in [0.717, 1.165) is 12.4 Å². The van der Waals surface area contributed by atoms with Crippen LogP contribution < -0.4 is 4.74 Å². The molecule has 1 rings (SSSR count). The Hall–Kier alpha value is -0.920. The van der Waals surface area contributed by atoms with Gasteiger partial charge < -0.3 is 9.30 Å². The van der Waals surface area contributed by atoms with Crippen molar-refractivity contribution in [1.29, 1.82) is 0 Å². The minimum Gasteiger partial charge on any atom is -0.492 e. The van der Waals surface area contributed by atoms with E-state index in [-0.39, 0.29) is 0 Å². The van der Waals surface area contributed by atoms with Gasteiger partial charge in [0.2, 0.25) is 0 Å². The first-order chi connectivity index (χ1) is 4.75. The van der Waals surface area contributed by atoms with Crippen LogP contribution in [0.1, 0.15) is 12.6 Å². The van der Waals surface area contributed by atoms with Crippen molar-refractivity contribution in [2.75, 3.05) is 6.61 Å². The van der Waals surface area contributed by atoms with Crippen molar-refractivity contribution in [3.63, 3.8) is 0 Å². The second kappa shape index (κ2) is 2.78. The molecule has 1 aromatic heterocycles. The highest BCUT2D eigenvalue weighted by Gasteiger charge is 1.99. The SMILES string of the molecule is CCOc1ccn(C)c1C. The Morgan fingerprint density at radius 3 is 2.70 bits per heavy atom. The number of nitrogens with zero attached hydrogens (tertiary/aromatic N) is 1. The highest BCUT2D eigenvalue weighted by molar-refractivity contribution is 5.27. The predicted octanol–water partition coefficient (Wildman–Crippen LogP) is 1.73. The molecule has 0 aliphatic carbocycles. The Morgan fingerprint density at radius 2 is 2.30 bits per heavy atom. The summed E-state index contributed by atoms with van der Waals surface area (Å²) in [6.07, 6.45) is 2.00. The molecule has 0 aliphatic heterocycles. The molecule has 2 heteroatoms. The molecule has 1 heterocycles. The van der Waals surface area contributed by atoms with Crippen LogP contribution >= 0.6 is 0 Å². The first kappa shape index (κ1) is 7.19. The molecule has 0 atom stereocenters. The fourth-order valence-corrected chi connectivity index (χ4v) is 0.894. The lowest BCUT2D eigenvalue weighted by molar-refractivity contribution is 0.337. The number of aromatic nitrogens is 1. The van der Waals surface area contributed by atoms with Crippen LogP contribution in [0.15, 0.2) is 12.3 Å². The van der Waals surface area contributed by atoms with E-state index in [9.17, 15) is 0 Å². The van der Waals surface area contributed by atoms with E-state index in [1.807, 2.05) is 37.7 Å². The zero-order chi connectivity index (χ0) is 7.56. The third-order valence-electron chi connectivity index (χ3n) is 1.64. The lowest BCUT2D eigenvalue weighted by Crippen LogP contribution is -1.94. The van der Waals surface area contributed by atoms with E-state index in [1.165, 1.54) is 5.69 Å². The number of ether oxygens (including phenoxy) is 1. The number of hydrogen-bond donors (Lipinski definition) is 0. The summed E-state index contributed by atoms with van der Waals surface area (Å²) in [7, 11) is 2.01. The number of aryl methyl sites for hydroxylation is 1. The van der Waals surface area contributed by atoms with Gasteiger partial charge in [-0.3, -0.25) is 0 Å². The predicted molar refractivity (Wildman–Crippen MR) is 41.3 cm³/mol. The molecule has 0 spiro atoms. The molecule has 0 aromatic carbocycles. The maximum atomic E-state index is 5.34. The molecule has 2 nitrogen and oxygen atoms in total. The summed E-state index contributed by atoms with van der Waals surface area (Å²) in [5.41, 5.74) is 1.18. The Balaban J connectivity index is 2.83. The first-order valence-electron chi connectivity index (χ1n) is 3.50. The van der Waals surface area contributed by atoms with Crippen molar-refractivity contribution >= 4 is 0 Å². The van der Waals surface area contributed by atoms with E-state index in [0.29, 0.717) is 0 Å². The second-order valence-corrected chi connectivity index (χ2v) is 2.31. The van der Waals surface area contributed by atoms with Crippen LogP contribution in [0.25, 0.3) is 0 Å². The van der Waals surface area contributed by atoms with Gasteiger partial charge in [0.25, 0.3) is 0 Å². The van der Waals surface area contributed by atoms with E-state index in [4.69, 9.17) is 4.74 Å². The summed E-state index contributed by atoms with van der Waals surface area (Å²) in [5.74, 6) is 0.991. The van der Waals surface area contributed by atoms with Crippen molar-refractivity contribution in [2.24, 2.45) is 7.05 Å². The minimum absolute atomic E-state index is 0.741. The fraction of sp³-hybridized carbons (Fsp3) is 0.500. The molecule has 0 unspecified atom stereocenters. The Morgan fingerprint density at radius 1 is 1.60 bits per heavy atom. The van der Waals surface area contributed by atoms with E-state index >= 15 is 0 Å². The topological polar surface area (TPSA) is 14.2 Å². The first-order valence-corrected chi connectivity index (χ1v) is 3.50. The van der Waals surface area contributed by atoms with E-state index in [1.54, 1.807) is 0 Å². The average Bonchev–Trinajstić information content (AvgIpc) is 2.20. The molecule has 56 valence electrons. The van der Waals surface area contributed by atoms with Gasteiger partial charge in [0.1, 0.15) is 5.75 Å². The maximum Gasteiger partial charge on any atom is 0.139 e. The van der Waals surface area contributed by atoms with Crippen LogP contribution in [-0.2, 0) is 7.05 Å². The van der Waals surface area contributed by atoms with Crippen molar-refractivity contribution in [2.45, 2.75) is 13.8 Å². The van der Waals surface area contributed by atoms with Crippen molar-refractivity contribution in [3.8, 4) is 5.75 Å². The minimum atomic E-state index is 0.741. The van der Waals surface area contributed by atoms with Crippen molar-refractivity contribution < 1.29 is 4.74 Å². The highest BCUT2D eigenvalue weighted by atomic mass is 16.5. The Labute approximate surface area is 61.4 Å². The quantitative estimate of drug-likeness (QED) is 0.608. The van der Waals surface area contributed by atoms with E-state index < -0.39 is 0 Å². The largest absolute Gasteiger partial charge is 0.492 e. The molecule has 1 aromatic rings. The summed E-state index contributed by atoms with van der Waals surface area (Å²) < 4.78 is 7.38. The van der Waals surface area contributed by atoms with Gasteiger partial charge in [-0.1, -0.05) is 0 Å². The lowest BCUT2D eigenvalue weighted by Gasteiger charge is -2.01. The summed E-state index contributed by atoms with van der Waals surface area (Å²) in [4.78, 5) is 0. The van der Waals surface area contributed by atoms with E-state index in [2.05, 4.69) is 0 Å². The van der Waals surface area contributed by atoms with Gasteiger partial charge in [0.05, 0.1) is 12.3 Å². The van der Waals surface area contributed by atoms with Crippen LogP contribution in [0.2, 0.25) is 0 Å². The average molecular weight is 139 g/mol. The van der Waals surface area contributed by atoms with Gasteiger partial charge in [0, 0.05) is 13.2 Å². The van der Waals surface area contributed by atoms with Gasteiger partial charge in [-0.15, -0.1) is 0 Å². The summed E-state index contributed by atoms with van der Waals surface area (Å²) >= 11 is 0. The van der Waals surface area contributed by atoms with Gasteiger partial charge >= 0.3 is 0 Å². The van der Waals surface area contributed by atoms with Gasteiger partial charge in [-0.25, -0.2) is 0 Å². The molecule has 0 saturated carbocycles. The Kier molecular flexibility index (Phi) is 2.00. The molecular formula is C8H13NO. The Bertz CT molecular complexity index is 215. The zero-order valence-corrected chi connectivity index (χ0v) is 6.72. The lowest BCUT2D eigenvalue weighted by atomic mass is 10.4. The summed E-state index contributed by atoms with van der Waals surface area (Å²) in [6.45, 7) is 4.78. The molecule has 0 radical (unpaired) electrons. The summed E-state index contributed by atoms with van der Waals surface area (Å²) in [5, 5.41) is 0. The zero-order valence-electron chi connectivity index (χ0n) is 6.72. The normalized spacial score (nSPS) is 9.90. The van der Waals surface area contributed by atoms with Crippen LogP contribution in [0.5, 0.6) is 5.75 Å². The molecule has 0 amide bonds. The third-order valence-corrected chi connectivity index (χ3v) is 1.64. The van der Waals surface area contributed by atoms with Crippen LogP contribution in [0.3, 0.4) is 0 Å².